The molecule has 5 aliphatic rings. The number of nitrogens with one attached hydrogen (secondary N) is 3. The van der Waals surface area contributed by atoms with Crippen LogP contribution in [0.4, 0.5) is 20.5 Å². The number of rotatable bonds is 36. The Balaban J connectivity index is 0.705. The summed E-state index contributed by atoms with van der Waals surface area (Å²) in [5.41, 5.74) is 11.0. The molecule has 2 bridgehead atoms. The lowest BCUT2D eigenvalue weighted by Crippen LogP contribution is -2.61. The van der Waals surface area contributed by atoms with Crippen molar-refractivity contribution < 1.29 is 92.4 Å². The number of hydrogen-bond donors (Lipinski definition) is 9. The summed E-state index contributed by atoms with van der Waals surface area (Å²) in [7, 11) is 0. The zero-order valence-electron chi connectivity index (χ0n) is 66.6. The Kier molecular flexibility index (Phi) is 27.2. The fourth-order valence-corrected chi connectivity index (χ4v) is 18.6. The fourth-order valence-electron chi connectivity index (χ4n) is 17.7. The first-order chi connectivity index (χ1) is 55.8. The highest BCUT2D eigenvalue weighted by Gasteiger charge is 2.55. The van der Waals surface area contributed by atoms with Gasteiger partial charge in [-0.3, -0.25) is 43.7 Å². The van der Waals surface area contributed by atoms with Gasteiger partial charge < -0.3 is 70.6 Å². The number of hydrogen-bond acceptors (Lipinski definition) is 22. The number of ether oxygens (including phenoxy) is 4. The first kappa shape index (κ1) is 85.5. The van der Waals surface area contributed by atoms with Crippen molar-refractivity contribution in [3.63, 3.8) is 0 Å². The third-order valence-corrected chi connectivity index (χ3v) is 23.8. The average Bonchev–Trinajstić information content (AvgIpc) is 1.42. The SMILES string of the molecule is Cc1c(-c2ccc(N3CCc4cccc(C(=O)Nc5nc6ccccc6s5)c4C3)nc2C(=O)O)cnn1CC1CC2(C)CC(C)(C)CC(OCCN(Cc3ccc(O[C@@H]4O[C@H](C(=O)O)[C@@H](O)[C@H](O)[C@H]4O)cc3)C(=O)OCc3ccc(CC(=O)[C@H](CCCNC(N)=O)NC(=O)[C@@H](CC(=O)CCCCCN4C(=O)C=CC4=O)C(C)C)cc3)(C1)C2. The van der Waals surface area contributed by atoms with Crippen molar-refractivity contribution in [2.24, 2.45) is 34.3 Å². The largest absolute Gasteiger partial charge is 0.479 e. The van der Waals surface area contributed by atoms with Crippen LogP contribution >= 0.6 is 11.3 Å². The van der Waals surface area contributed by atoms with Gasteiger partial charge in [0.25, 0.3) is 17.7 Å². The highest BCUT2D eigenvalue weighted by atomic mass is 32.1. The number of thiazole rings is 1. The number of ketones is 2. The van der Waals surface area contributed by atoms with E-state index in [0.29, 0.717) is 102 Å². The number of aromatic carboxylic acids is 1. The number of pyridine rings is 1. The lowest BCUT2D eigenvalue weighted by Gasteiger charge is -2.58. The van der Waals surface area contributed by atoms with Crippen molar-refractivity contribution in [2.75, 3.05) is 43.0 Å². The van der Waals surface area contributed by atoms with E-state index in [4.69, 9.17) is 34.8 Å². The smallest absolute Gasteiger partial charge is 0.410 e. The fraction of sp³-hybridized carbons (Fsp3) is 0.477. The van der Waals surface area contributed by atoms with Gasteiger partial charge in [0.2, 0.25) is 12.2 Å². The van der Waals surface area contributed by atoms with E-state index in [-0.39, 0.29) is 128 Å². The summed E-state index contributed by atoms with van der Waals surface area (Å²) in [6.45, 7) is 14.1. The summed E-state index contributed by atoms with van der Waals surface area (Å²) < 4.78 is 27.3. The molecule has 10 atom stereocenters. The van der Waals surface area contributed by atoms with Crippen LogP contribution in [0.5, 0.6) is 5.75 Å². The topological polar surface area (TPSA) is 424 Å². The van der Waals surface area contributed by atoms with Crippen LogP contribution < -0.4 is 31.3 Å². The second-order valence-electron chi connectivity index (χ2n) is 33.1. The van der Waals surface area contributed by atoms with E-state index in [9.17, 15) is 73.5 Å². The number of aromatic nitrogens is 4. The first-order valence-corrected chi connectivity index (χ1v) is 40.6. The maximum absolute atomic E-state index is 14.6. The Bertz CT molecular complexity index is 4820. The minimum atomic E-state index is -1.92. The Morgan fingerprint density at radius 2 is 1.53 bits per heavy atom. The highest BCUT2D eigenvalue weighted by molar-refractivity contribution is 7.22. The summed E-state index contributed by atoms with van der Waals surface area (Å²) in [6, 6.07) is 28.4. The number of primary amides is 1. The number of aliphatic hydroxyl groups is 3. The van der Waals surface area contributed by atoms with E-state index in [1.807, 2.05) is 72.8 Å². The lowest BCUT2D eigenvalue weighted by molar-refractivity contribution is -0.271. The van der Waals surface area contributed by atoms with Crippen LogP contribution in [0.3, 0.4) is 0 Å². The molecule has 3 aliphatic heterocycles. The number of nitrogens with two attached hydrogens (primary N) is 1. The van der Waals surface area contributed by atoms with Crippen molar-refractivity contribution in [3.05, 3.63) is 166 Å². The van der Waals surface area contributed by atoms with Gasteiger partial charge >= 0.3 is 24.1 Å². The molecule has 622 valence electrons. The zero-order valence-corrected chi connectivity index (χ0v) is 67.4. The van der Waals surface area contributed by atoms with Crippen molar-refractivity contribution in [1.29, 1.82) is 0 Å². The summed E-state index contributed by atoms with van der Waals surface area (Å²) in [5.74, 6) is -5.11. The van der Waals surface area contributed by atoms with E-state index in [2.05, 4.69) is 41.7 Å². The minimum Gasteiger partial charge on any atom is -0.479 e. The van der Waals surface area contributed by atoms with Gasteiger partial charge in [0.05, 0.1) is 34.7 Å². The number of nitrogens with zero attached hydrogens (tertiary/aromatic N) is 7. The van der Waals surface area contributed by atoms with Crippen LogP contribution in [0.1, 0.15) is 166 Å². The number of anilines is 2. The third kappa shape index (κ3) is 21.3. The molecule has 31 heteroatoms. The molecule has 4 aromatic carbocycles. The van der Waals surface area contributed by atoms with Crippen LogP contribution in [-0.2, 0) is 82.1 Å². The predicted octanol–water partition coefficient (Wildman–Crippen LogP) is 9.63. The second kappa shape index (κ2) is 37.2. The molecule has 12 rings (SSSR count). The quantitative estimate of drug-likeness (QED) is 0.0130. The Morgan fingerprint density at radius 3 is 2.25 bits per heavy atom. The summed E-state index contributed by atoms with van der Waals surface area (Å²) in [5, 5.41) is 65.7. The second-order valence-corrected chi connectivity index (χ2v) is 34.1. The lowest BCUT2D eigenvalue weighted by atomic mass is 9.51. The highest BCUT2D eigenvalue weighted by Crippen LogP contribution is 2.60. The molecule has 2 saturated carbocycles. The van der Waals surface area contributed by atoms with Gasteiger partial charge in [-0.15, -0.1) is 0 Å². The van der Waals surface area contributed by atoms with Gasteiger partial charge in [-0.1, -0.05) is 113 Å². The summed E-state index contributed by atoms with van der Waals surface area (Å²) >= 11 is 1.39. The maximum atomic E-state index is 14.6. The molecule has 30 nitrogen and oxygen atoms in total. The molecule has 0 spiro atoms. The summed E-state index contributed by atoms with van der Waals surface area (Å²) in [4.78, 5) is 145. The average molecular weight is 1630 g/mol. The molecule has 10 N–H and O–H groups in total. The number of benzene rings is 4. The minimum absolute atomic E-state index is 0.00193. The maximum Gasteiger partial charge on any atom is 0.410 e. The number of carbonyl (C=O) groups is 10. The van der Waals surface area contributed by atoms with Crippen molar-refractivity contribution in [3.8, 4) is 16.9 Å². The number of carboxylic acid groups (broad SMARTS) is 2. The summed E-state index contributed by atoms with van der Waals surface area (Å²) in [6.07, 6.45) is 0.881. The van der Waals surface area contributed by atoms with Crippen LogP contribution in [0, 0.1) is 35.5 Å². The third-order valence-electron chi connectivity index (χ3n) is 22.8. The van der Waals surface area contributed by atoms with E-state index in [0.717, 1.165) is 57.6 Å². The normalized spacial score (nSPS) is 21.9. The Hall–Kier alpha value is -10.8. The van der Waals surface area contributed by atoms with Crippen LogP contribution in [0.2, 0.25) is 0 Å². The number of unbranched alkanes of at least 4 members (excludes halogenated alkanes) is 2. The van der Waals surface area contributed by atoms with Gasteiger partial charge in [-0.25, -0.2) is 29.1 Å². The van der Waals surface area contributed by atoms with E-state index >= 15 is 0 Å². The number of aliphatic carboxylic acids is 1. The van der Waals surface area contributed by atoms with E-state index in [1.165, 1.54) is 40.5 Å². The molecular formula is C86H103N11O19S. The number of para-hydroxylation sites is 1. The number of amides is 7. The number of urea groups is 1. The number of imide groups is 1. The molecule has 2 aliphatic carbocycles. The molecule has 3 unspecified atom stereocenters. The number of aliphatic hydroxyl groups excluding tert-OH is 3. The predicted molar refractivity (Wildman–Crippen MR) is 431 cm³/mol. The van der Waals surface area contributed by atoms with Crippen LogP contribution in [0.15, 0.2) is 121 Å². The van der Waals surface area contributed by atoms with E-state index in [1.54, 1.807) is 54.7 Å². The molecule has 3 aromatic heterocycles. The van der Waals surface area contributed by atoms with Gasteiger partial charge in [0.1, 0.15) is 42.3 Å². The monoisotopic (exact) mass is 1630 g/mol. The number of Topliss-reactive ketones (excluding diaryl/α,β-unsaturated/α-hetero) is 2. The van der Waals surface area contributed by atoms with Crippen molar-refractivity contribution >= 4 is 91.8 Å². The first-order valence-electron chi connectivity index (χ1n) is 39.8. The molecule has 7 amide bonds. The molecule has 3 fully saturated rings. The number of carbonyl (C=O) groups excluding carboxylic acids is 8. The Morgan fingerprint density at radius 1 is 0.795 bits per heavy atom. The molecule has 6 heterocycles. The van der Waals surface area contributed by atoms with Crippen molar-refractivity contribution in [1.82, 2.24) is 40.2 Å². The number of fused-ring (bicyclic) bond motifs is 4. The van der Waals surface area contributed by atoms with Crippen LogP contribution in [0.25, 0.3) is 21.3 Å². The van der Waals surface area contributed by atoms with Gasteiger partial charge in [-0.05, 0) is 164 Å². The zero-order chi connectivity index (χ0) is 83.6. The Labute approximate surface area is 681 Å². The molecular weight excluding hydrogens is 1520 g/mol. The van der Waals surface area contributed by atoms with E-state index < -0.39 is 78.2 Å². The van der Waals surface area contributed by atoms with Crippen LogP contribution in [-0.4, -0.2) is 189 Å². The number of carboxylic acids is 2. The molecule has 1 saturated heterocycles. The van der Waals surface area contributed by atoms with Gasteiger partial charge in [0, 0.05) is 106 Å². The van der Waals surface area contributed by atoms with Gasteiger partial charge in [0.15, 0.2) is 22.7 Å². The molecule has 7 aromatic rings. The molecule has 0 radical (unpaired) electrons. The molecule has 117 heavy (non-hydrogen) atoms. The standard InChI is InChI=1S/C86H103N11O19S/c1-50(2)61(39-57(98)15-8-7-11-34-96-69(100)30-31-70(96)101)77(106)90-64(18-13-33-88-81(87)111)66(99)38-52-20-22-54(23-21-52)46-113-83(112)95(43-53-24-26-58(27-25-53)115-80-74(104)72(102)73(103)75(116-80)79(109)110)36-37-114-86-41-55(40-85(6,49-86)47-84(4,5)48-86)44-97-51(3)62(42-89-97)59-28-29-68(92-71(59)78(107)108)94-35-32-56-14-12-16-60(63(56)45-94)76(105)93-82-91-65-17-9-10-19-67(65)117-82/h9-10,12,14,16-17,19-31,42,50,55,61,64,72-75,80,102-104H,7-8,11,13,15,18,32-41,43-49H2,1-6H3,(H,90,106)(H,107,108)(H,109,110)(H3,87,88,111)(H,91,93,105)/t55?,61-,64-,72-,73-,74+,75-,80+,85?,86?/m0/s1. The van der Waals surface area contributed by atoms with Crippen molar-refractivity contribution in [2.45, 2.75) is 200 Å². The van der Waals surface area contributed by atoms with Gasteiger partial charge in [-0.2, -0.15) is 5.10 Å².